The maximum Gasteiger partial charge on any atom is 0.310 e. The number of halogens is 2. The zero-order valence-electron chi connectivity index (χ0n) is 18.9. The molecule has 0 bridgehead atoms. The van der Waals surface area contributed by atoms with Gasteiger partial charge in [-0.05, 0) is 87.7 Å². The number of esters is 1. The SMILES string of the molecule is CCOC(=O)[C@@H]1CCCN(CCON=C(c2ccc(F)cc2C)c2ccc(F)cc2C)C1. The van der Waals surface area contributed by atoms with Crippen LogP contribution >= 0.6 is 0 Å². The van der Waals surface area contributed by atoms with Gasteiger partial charge in [-0.25, -0.2) is 8.78 Å². The molecule has 1 heterocycles. The molecule has 5 nitrogen and oxygen atoms in total. The second-order valence-electron chi connectivity index (χ2n) is 8.08. The van der Waals surface area contributed by atoms with Crippen LogP contribution in [0.3, 0.4) is 0 Å². The Labute approximate surface area is 188 Å². The van der Waals surface area contributed by atoms with Crippen molar-refractivity contribution in [3.8, 4) is 0 Å². The molecular formula is C25H30F2N2O3. The standard InChI is InChI=1S/C25H30F2N2O3/c1-4-31-25(30)19-6-5-11-29(16-19)12-13-32-28-24(22-9-7-20(26)14-17(22)2)23-10-8-21(27)15-18(23)3/h7-10,14-15,19H,4-6,11-13,16H2,1-3H3/t19-/m1/s1. The van der Waals surface area contributed by atoms with Crippen molar-refractivity contribution in [2.45, 2.75) is 33.6 Å². The van der Waals surface area contributed by atoms with Crippen LogP contribution in [0.1, 0.15) is 42.0 Å². The molecule has 2 aromatic carbocycles. The highest BCUT2D eigenvalue weighted by Crippen LogP contribution is 2.21. The number of ether oxygens (including phenoxy) is 1. The summed E-state index contributed by atoms with van der Waals surface area (Å²) in [5.74, 6) is -0.907. The van der Waals surface area contributed by atoms with E-state index in [0.717, 1.165) is 30.5 Å². The van der Waals surface area contributed by atoms with Crippen molar-refractivity contribution in [2.75, 3.05) is 32.8 Å². The summed E-state index contributed by atoms with van der Waals surface area (Å²) in [6.07, 6.45) is 1.77. The average molecular weight is 445 g/mol. The Morgan fingerprint density at radius 3 is 2.28 bits per heavy atom. The van der Waals surface area contributed by atoms with Crippen LogP contribution in [-0.2, 0) is 14.4 Å². The fraction of sp³-hybridized carbons (Fsp3) is 0.440. The summed E-state index contributed by atoms with van der Waals surface area (Å²) in [6, 6.07) is 8.94. The lowest BCUT2D eigenvalue weighted by molar-refractivity contribution is -0.150. The van der Waals surface area contributed by atoms with Gasteiger partial charge < -0.3 is 9.57 Å². The van der Waals surface area contributed by atoms with Gasteiger partial charge in [0.05, 0.1) is 12.5 Å². The number of oxime groups is 1. The topological polar surface area (TPSA) is 51.1 Å². The number of likely N-dealkylation sites (tertiary alicyclic amines) is 1. The van der Waals surface area contributed by atoms with E-state index in [1.165, 1.54) is 24.3 Å². The smallest absolute Gasteiger partial charge is 0.310 e. The molecule has 0 aliphatic carbocycles. The van der Waals surface area contributed by atoms with Gasteiger partial charge in [0, 0.05) is 24.2 Å². The third kappa shape index (κ3) is 6.13. The first kappa shape index (κ1) is 23.9. The summed E-state index contributed by atoms with van der Waals surface area (Å²) < 4.78 is 32.4. The minimum absolute atomic E-state index is 0.105. The Hall–Kier alpha value is -2.80. The van der Waals surface area contributed by atoms with Gasteiger partial charge in [-0.1, -0.05) is 5.16 Å². The molecule has 1 atom stereocenters. The van der Waals surface area contributed by atoms with Crippen molar-refractivity contribution in [3.05, 3.63) is 70.3 Å². The third-order valence-corrected chi connectivity index (χ3v) is 5.67. The second-order valence-corrected chi connectivity index (χ2v) is 8.08. The van der Waals surface area contributed by atoms with Crippen molar-refractivity contribution in [3.63, 3.8) is 0 Å². The van der Waals surface area contributed by atoms with Crippen molar-refractivity contribution >= 4 is 11.7 Å². The lowest BCUT2D eigenvalue weighted by Gasteiger charge is -2.30. The normalized spacial score (nSPS) is 16.5. The number of benzene rings is 2. The molecule has 2 aromatic rings. The van der Waals surface area contributed by atoms with Gasteiger partial charge in [-0.2, -0.15) is 0 Å². The van der Waals surface area contributed by atoms with Crippen LogP contribution < -0.4 is 0 Å². The summed E-state index contributed by atoms with van der Waals surface area (Å²) in [7, 11) is 0. The first-order chi connectivity index (χ1) is 15.4. The quantitative estimate of drug-likeness (QED) is 0.258. The number of nitrogens with zero attached hydrogens (tertiary/aromatic N) is 2. The first-order valence-corrected chi connectivity index (χ1v) is 11.0. The van der Waals surface area contributed by atoms with Crippen molar-refractivity contribution in [1.82, 2.24) is 4.90 Å². The van der Waals surface area contributed by atoms with Gasteiger partial charge in [0.2, 0.25) is 0 Å². The summed E-state index contributed by atoms with van der Waals surface area (Å²) in [6.45, 7) is 8.30. The monoisotopic (exact) mass is 444 g/mol. The predicted octanol–water partition coefficient (Wildman–Crippen LogP) is 4.63. The van der Waals surface area contributed by atoms with Crippen LogP contribution in [0.2, 0.25) is 0 Å². The maximum absolute atomic E-state index is 13.6. The van der Waals surface area contributed by atoms with E-state index in [1.807, 2.05) is 6.92 Å². The Morgan fingerprint density at radius 2 is 1.72 bits per heavy atom. The van der Waals surface area contributed by atoms with Crippen LogP contribution in [0.5, 0.6) is 0 Å². The molecule has 7 heteroatoms. The summed E-state index contributed by atoms with van der Waals surface area (Å²) >= 11 is 0. The van der Waals surface area contributed by atoms with E-state index in [4.69, 9.17) is 9.57 Å². The van der Waals surface area contributed by atoms with E-state index in [0.29, 0.717) is 43.1 Å². The number of aryl methyl sites for hydroxylation is 2. The molecule has 172 valence electrons. The molecule has 0 N–H and O–H groups in total. The number of rotatable bonds is 8. The molecule has 0 saturated carbocycles. The molecule has 1 aliphatic heterocycles. The van der Waals surface area contributed by atoms with Gasteiger partial charge in [0.1, 0.15) is 24.0 Å². The van der Waals surface area contributed by atoms with Crippen molar-refractivity contribution in [1.29, 1.82) is 0 Å². The van der Waals surface area contributed by atoms with Crippen LogP contribution in [-0.4, -0.2) is 49.4 Å². The fourth-order valence-corrected chi connectivity index (χ4v) is 4.02. The maximum atomic E-state index is 13.6. The van der Waals surface area contributed by atoms with Crippen molar-refractivity contribution in [2.24, 2.45) is 11.1 Å². The molecule has 0 amide bonds. The van der Waals surface area contributed by atoms with E-state index in [-0.39, 0.29) is 23.5 Å². The largest absolute Gasteiger partial charge is 0.466 e. The third-order valence-electron chi connectivity index (χ3n) is 5.67. The minimum atomic E-state index is -0.330. The summed E-state index contributed by atoms with van der Waals surface area (Å²) in [5.41, 5.74) is 3.40. The van der Waals surface area contributed by atoms with Gasteiger partial charge in [-0.15, -0.1) is 0 Å². The van der Waals surface area contributed by atoms with E-state index >= 15 is 0 Å². The second kappa shape index (κ2) is 11.2. The molecule has 32 heavy (non-hydrogen) atoms. The zero-order valence-corrected chi connectivity index (χ0v) is 18.9. The predicted molar refractivity (Wildman–Crippen MR) is 120 cm³/mol. The highest BCUT2D eigenvalue weighted by molar-refractivity contribution is 6.14. The van der Waals surface area contributed by atoms with E-state index < -0.39 is 0 Å². The van der Waals surface area contributed by atoms with Gasteiger partial charge in [-0.3, -0.25) is 9.69 Å². The van der Waals surface area contributed by atoms with Crippen LogP contribution in [0.4, 0.5) is 8.78 Å². The van der Waals surface area contributed by atoms with Gasteiger partial charge in [0.15, 0.2) is 0 Å². The van der Waals surface area contributed by atoms with Gasteiger partial charge in [0.25, 0.3) is 0 Å². The Kier molecular flexibility index (Phi) is 8.33. The summed E-state index contributed by atoms with van der Waals surface area (Å²) in [4.78, 5) is 19.9. The molecule has 0 spiro atoms. The Balaban J connectivity index is 1.72. The fourth-order valence-electron chi connectivity index (χ4n) is 4.02. The Morgan fingerprint density at radius 1 is 1.09 bits per heavy atom. The molecule has 3 rings (SSSR count). The number of carbonyl (C=O) groups is 1. The number of piperidine rings is 1. The molecule has 1 aliphatic rings. The molecule has 1 fully saturated rings. The lowest BCUT2D eigenvalue weighted by atomic mass is 9.95. The molecule has 1 saturated heterocycles. The van der Waals surface area contributed by atoms with Crippen LogP contribution in [0.15, 0.2) is 41.6 Å². The average Bonchev–Trinajstić information content (AvgIpc) is 2.75. The van der Waals surface area contributed by atoms with Crippen LogP contribution in [0, 0.1) is 31.4 Å². The molecule has 0 aromatic heterocycles. The number of carbonyl (C=O) groups excluding carboxylic acids is 1. The highest BCUT2D eigenvalue weighted by Gasteiger charge is 2.26. The van der Waals surface area contributed by atoms with E-state index in [2.05, 4.69) is 10.1 Å². The highest BCUT2D eigenvalue weighted by atomic mass is 19.1. The summed E-state index contributed by atoms with van der Waals surface area (Å²) in [5, 5.41) is 4.37. The number of hydrogen-bond donors (Lipinski definition) is 0. The van der Waals surface area contributed by atoms with Gasteiger partial charge >= 0.3 is 5.97 Å². The van der Waals surface area contributed by atoms with E-state index in [1.54, 1.807) is 26.0 Å². The molecular weight excluding hydrogens is 414 g/mol. The number of hydrogen-bond acceptors (Lipinski definition) is 5. The zero-order chi connectivity index (χ0) is 23.1. The lowest BCUT2D eigenvalue weighted by Crippen LogP contribution is -2.40. The van der Waals surface area contributed by atoms with Crippen LogP contribution in [0.25, 0.3) is 0 Å². The van der Waals surface area contributed by atoms with Crippen molar-refractivity contribution < 1.29 is 23.1 Å². The Bertz CT molecular complexity index is 924. The minimum Gasteiger partial charge on any atom is -0.466 e. The van der Waals surface area contributed by atoms with E-state index in [9.17, 15) is 13.6 Å². The molecule has 0 unspecified atom stereocenters. The molecule has 0 radical (unpaired) electrons. The first-order valence-electron chi connectivity index (χ1n) is 11.0.